The van der Waals surface area contributed by atoms with E-state index in [1.807, 2.05) is 30.8 Å². The fourth-order valence-electron chi connectivity index (χ4n) is 2.79. The molecule has 0 spiro atoms. The van der Waals surface area contributed by atoms with Gasteiger partial charge in [-0.25, -0.2) is 15.0 Å². The average Bonchev–Trinajstić information content (AvgIpc) is 3.28. The van der Waals surface area contributed by atoms with Crippen molar-refractivity contribution < 1.29 is 4.74 Å². The van der Waals surface area contributed by atoms with Gasteiger partial charge in [0, 0.05) is 19.7 Å². The molecule has 0 bridgehead atoms. The van der Waals surface area contributed by atoms with Crippen molar-refractivity contribution in [3.05, 3.63) is 52.7 Å². The first-order valence-corrected chi connectivity index (χ1v) is 9.03. The summed E-state index contributed by atoms with van der Waals surface area (Å²) in [6.45, 7) is 0.980. The van der Waals surface area contributed by atoms with Crippen LogP contribution in [0.4, 0.5) is 5.82 Å². The van der Waals surface area contributed by atoms with E-state index in [0.29, 0.717) is 19.0 Å². The van der Waals surface area contributed by atoms with Crippen LogP contribution < -0.4 is 5.32 Å². The number of ether oxygens (including phenoxy) is 1. The highest BCUT2D eigenvalue weighted by atomic mass is 32.1. The molecule has 1 N–H and O–H groups in total. The highest BCUT2D eigenvalue weighted by Gasteiger charge is 2.13. The van der Waals surface area contributed by atoms with Gasteiger partial charge >= 0.3 is 0 Å². The summed E-state index contributed by atoms with van der Waals surface area (Å²) in [5, 5.41) is 8.60. The lowest BCUT2D eigenvalue weighted by Crippen LogP contribution is -2.07. The molecule has 0 saturated carbocycles. The molecule has 0 aliphatic heterocycles. The Bertz CT molecular complexity index is 1030. The largest absolute Gasteiger partial charge is 0.377 e. The maximum atomic E-state index is 5.19. The van der Waals surface area contributed by atoms with Gasteiger partial charge in [-0.05, 0) is 0 Å². The molecule has 4 rings (SSSR count). The summed E-state index contributed by atoms with van der Waals surface area (Å²) >= 11 is 1.63. The summed E-state index contributed by atoms with van der Waals surface area (Å²) in [6, 6.07) is 10.2. The Balaban J connectivity index is 1.64. The van der Waals surface area contributed by atoms with Crippen molar-refractivity contribution in [2.45, 2.75) is 13.2 Å². The number of nitrogens with one attached hydrogen (secondary N) is 1. The molecule has 0 amide bonds. The van der Waals surface area contributed by atoms with Gasteiger partial charge in [-0.15, -0.1) is 11.3 Å². The van der Waals surface area contributed by atoms with Crippen LogP contribution in [-0.4, -0.2) is 31.8 Å². The number of rotatable bonds is 6. The Kier molecular flexibility index (Phi) is 4.59. The van der Waals surface area contributed by atoms with Crippen molar-refractivity contribution in [2.75, 3.05) is 12.4 Å². The number of methoxy groups -OCH3 is 1. The Morgan fingerprint density at radius 3 is 2.85 bits per heavy atom. The second-order valence-corrected chi connectivity index (χ2v) is 6.71. The summed E-state index contributed by atoms with van der Waals surface area (Å²) < 4.78 is 6.92. The summed E-state index contributed by atoms with van der Waals surface area (Å²) in [6.07, 6.45) is 1.78. The number of fused-ring (bicyclic) bond motifs is 1. The number of hydrogen-bond acceptors (Lipinski definition) is 7. The van der Waals surface area contributed by atoms with Crippen molar-refractivity contribution in [2.24, 2.45) is 7.05 Å². The molecule has 0 unspecified atom stereocenters. The molecule has 0 saturated heterocycles. The highest BCUT2D eigenvalue weighted by Crippen LogP contribution is 2.27. The minimum atomic E-state index is 0.353. The molecule has 0 aliphatic rings. The van der Waals surface area contributed by atoms with Crippen molar-refractivity contribution in [1.82, 2.24) is 24.7 Å². The third-order valence-electron chi connectivity index (χ3n) is 4.02. The Hall–Kier alpha value is -2.84. The van der Waals surface area contributed by atoms with Crippen LogP contribution in [0, 0.1) is 0 Å². The SMILES string of the molecule is COCc1nc(NCc2scnc2-c2ccccc2)c2cnn(C)c2n1. The van der Waals surface area contributed by atoms with E-state index in [4.69, 9.17) is 4.74 Å². The van der Waals surface area contributed by atoms with Crippen LogP contribution in [0.5, 0.6) is 0 Å². The number of nitrogens with zero attached hydrogens (tertiary/aromatic N) is 5. The summed E-state index contributed by atoms with van der Waals surface area (Å²) in [5.74, 6) is 1.38. The normalized spacial score (nSPS) is 11.2. The van der Waals surface area contributed by atoms with Crippen molar-refractivity contribution in [1.29, 1.82) is 0 Å². The molecule has 26 heavy (non-hydrogen) atoms. The molecular weight excluding hydrogens is 348 g/mol. The molecule has 4 aromatic rings. The molecular formula is C18H18N6OS. The monoisotopic (exact) mass is 366 g/mol. The third kappa shape index (κ3) is 3.16. The van der Waals surface area contributed by atoms with Gasteiger partial charge in [0.1, 0.15) is 12.4 Å². The second kappa shape index (κ2) is 7.19. The topological polar surface area (TPSA) is 77.8 Å². The zero-order chi connectivity index (χ0) is 17.9. The molecule has 3 aromatic heterocycles. The summed E-state index contributed by atoms with van der Waals surface area (Å²) in [7, 11) is 3.50. The van der Waals surface area contributed by atoms with E-state index in [1.54, 1.807) is 29.3 Å². The van der Waals surface area contributed by atoms with Gasteiger partial charge < -0.3 is 10.1 Å². The lowest BCUT2D eigenvalue weighted by Gasteiger charge is -2.09. The Morgan fingerprint density at radius 1 is 1.19 bits per heavy atom. The quantitative estimate of drug-likeness (QED) is 0.564. The lowest BCUT2D eigenvalue weighted by molar-refractivity contribution is 0.178. The maximum absolute atomic E-state index is 5.19. The van der Waals surface area contributed by atoms with Gasteiger partial charge in [-0.2, -0.15) is 5.10 Å². The van der Waals surface area contributed by atoms with E-state index < -0.39 is 0 Å². The second-order valence-electron chi connectivity index (χ2n) is 5.77. The minimum absolute atomic E-state index is 0.353. The smallest absolute Gasteiger partial charge is 0.163 e. The summed E-state index contributed by atoms with van der Waals surface area (Å²) in [5.41, 5.74) is 4.76. The maximum Gasteiger partial charge on any atom is 0.163 e. The molecule has 132 valence electrons. The van der Waals surface area contributed by atoms with Crippen molar-refractivity contribution in [3.63, 3.8) is 0 Å². The van der Waals surface area contributed by atoms with Gasteiger partial charge in [0.25, 0.3) is 0 Å². The van der Waals surface area contributed by atoms with Crippen LogP contribution in [0.2, 0.25) is 0 Å². The number of hydrogen-bond donors (Lipinski definition) is 1. The van der Waals surface area contributed by atoms with Gasteiger partial charge in [0.15, 0.2) is 11.5 Å². The number of thiazole rings is 1. The summed E-state index contributed by atoms with van der Waals surface area (Å²) in [4.78, 5) is 14.8. The van der Waals surface area contributed by atoms with Crippen molar-refractivity contribution in [3.8, 4) is 11.3 Å². The molecule has 0 radical (unpaired) electrons. The van der Waals surface area contributed by atoms with E-state index in [-0.39, 0.29) is 0 Å². The molecule has 0 atom stereocenters. The lowest BCUT2D eigenvalue weighted by atomic mass is 10.1. The standard InChI is InChI=1S/C18H18N6OS/c1-24-18-13(8-21-24)17(22-15(23-18)10-25-2)19-9-14-16(20-11-26-14)12-6-4-3-5-7-12/h3-8,11H,9-10H2,1-2H3,(H,19,22,23). The van der Waals surface area contributed by atoms with Crippen LogP contribution in [0.1, 0.15) is 10.7 Å². The van der Waals surface area contributed by atoms with Gasteiger partial charge in [0.05, 0.1) is 34.2 Å². The number of aromatic nitrogens is 5. The number of anilines is 1. The zero-order valence-corrected chi connectivity index (χ0v) is 15.3. The van der Waals surface area contributed by atoms with E-state index in [9.17, 15) is 0 Å². The van der Waals surface area contributed by atoms with E-state index in [1.165, 1.54) is 0 Å². The Labute approximate surface area is 154 Å². The fourth-order valence-corrected chi connectivity index (χ4v) is 3.51. The van der Waals surface area contributed by atoms with E-state index >= 15 is 0 Å². The first-order chi connectivity index (χ1) is 12.8. The first-order valence-electron chi connectivity index (χ1n) is 8.15. The van der Waals surface area contributed by atoms with Gasteiger partial charge in [-0.1, -0.05) is 30.3 Å². The zero-order valence-electron chi connectivity index (χ0n) is 14.5. The minimum Gasteiger partial charge on any atom is -0.377 e. The molecule has 1 aromatic carbocycles. The van der Waals surface area contributed by atoms with Crippen molar-refractivity contribution >= 4 is 28.2 Å². The number of benzene rings is 1. The highest BCUT2D eigenvalue weighted by molar-refractivity contribution is 7.10. The van der Waals surface area contributed by atoms with Crippen LogP contribution >= 0.6 is 11.3 Å². The van der Waals surface area contributed by atoms with E-state index in [0.717, 1.165) is 33.0 Å². The molecule has 3 heterocycles. The molecule has 0 fully saturated rings. The average molecular weight is 366 g/mol. The Morgan fingerprint density at radius 2 is 2.04 bits per heavy atom. The van der Waals surface area contributed by atoms with Gasteiger partial charge in [0.2, 0.25) is 0 Å². The first kappa shape index (κ1) is 16.6. The molecule has 0 aliphatic carbocycles. The van der Waals surface area contributed by atoms with Crippen LogP contribution in [0.3, 0.4) is 0 Å². The third-order valence-corrected chi connectivity index (χ3v) is 4.85. The number of aryl methyl sites for hydroxylation is 1. The fraction of sp³-hybridized carbons (Fsp3) is 0.222. The predicted octanol–water partition coefficient (Wildman–Crippen LogP) is 3.25. The molecule has 7 nitrogen and oxygen atoms in total. The van der Waals surface area contributed by atoms with Crippen LogP contribution in [0.25, 0.3) is 22.3 Å². The van der Waals surface area contributed by atoms with Crippen LogP contribution in [0.15, 0.2) is 42.0 Å². The molecule has 8 heteroatoms. The van der Waals surface area contributed by atoms with E-state index in [2.05, 4.69) is 37.5 Å². The predicted molar refractivity (Wildman–Crippen MR) is 102 cm³/mol. The van der Waals surface area contributed by atoms with Crippen LogP contribution in [-0.2, 0) is 24.9 Å². The van der Waals surface area contributed by atoms with Gasteiger partial charge in [-0.3, -0.25) is 4.68 Å².